The number of nitrogen functional groups attached to an aromatic ring is 1. The highest BCUT2D eigenvalue weighted by Gasteiger charge is 2.15. The van der Waals surface area contributed by atoms with Crippen LogP contribution in [0.15, 0.2) is 41.2 Å². The lowest BCUT2D eigenvalue weighted by atomic mass is 10.1. The molecule has 0 radical (unpaired) electrons. The summed E-state index contributed by atoms with van der Waals surface area (Å²) in [4.78, 5) is 8.39. The molecule has 0 aliphatic rings. The molecule has 0 amide bonds. The molecule has 21 heavy (non-hydrogen) atoms. The van der Waals surface area contributed by atoms with Gasteiger partial charge >= 0.3 is 0 Å². The first-order chi connectivity index (χ1) is 10.2. The Morgan fingerprint density at radius 3 is 2.90 bits per heavy atom. The van der Waals surface area contributed by atoms with E-state index in [0.717, 1.165) is 17.5 Å². The maximum Gasteiger partial charge on any atom is 0.260 e. The molecule has 0 aliphatic heterocycles. The Morgan fingerprint density at radius 2 is 2.10 bits per heavy atom. The number of benzene rings is 1. The number of aryl methyl sites for hydroxylation is 1. The van der Waals surface area contributed by atoms with Crippen molar-refractivity contribution in [3.63, 3.8) is 0 Å². The fraction of sp³-hybridized carbons (Fsp3) is 0.133. The lowest BCUT2D eigenvalue weighted by Gasteiger charge is -2.01. The van der Waals surface area contributed by atoms with Gasteiger partial charge in [0.25, 0.3) is 5.89 Å². The Balaban J connectivity index is 2.06. The highest BCUT2D eigenvalue weighted by molar-refractivity contribution is 5.71. The summed E-state index contributed by atoms with van der Waals surface area (Å²) in [5.41, 5.74) is 8.45. The van der Waals surface area contributed by atoms with Crippen LogP contribution in [0.3, 0.4) is 0 Å². The minimum absolute atomic E-state index is 0.195. The molecule has 0 aliphatic carbocycles. The predicted octanol–water partition coefficient (Wildman–Crippen LogP) is 3.08. The quantitative estimate of drug-likeness (QED) is 0.748. The van der Waals surface area contributed by atoms with Gasteiger partial charge in [0.15, 0.2) is 0 Å². The highest BCUT2D eigenvalue weighted by atomic mass is 19.1. The van der Waals surface area contributed by atoms with E-state index in [4.69, 9.17) is 10.3 Å². The van der Waals surface area contributed by atoms with Crippen LogP contribution >= 0.6 is 0 Å². The first-order valence-corrected chi connectivity index (χ1v) is 6.51. The Kier molecular flexibility index (Phi) is 3.35. The summed E-state index contributed by atoms with van der Waals surface area (Å²) in [6, 6.07) is 5.86. The molecule has 0 saturated carbocycles. The van der Waals surface area contributed by atoms with E-state index in [1.165, 1.54) is 18.2 Å². The van der Waals surface area contributed by atoms with Gasteiger partial charge in [0.05, 0.1) is 5.56 Å². The lowest BCUT2D eigenvalue weighted by Crippen LogP contribution is -1.92. The van der Waals surface area contributed by atoms with Crippen LogP contribution in [0.1, 0.15) is 12.5 Å². The van der Waals surface area contributed by atoms with Crippen LogP contribution in [0.25, 0.3) is 22.8 Å². The van der Waals surface area contributed by atoms with Gasteiger partial charge in [-0.2, -0.15) is 4.98 Å². The molecule has 2 heterocycles. The monoisotopic (exact) mass is 284 g/mol. The maximum absolute atomic E-state index is 13.3. The van der Waals surface area contributed by atoms with E-state index in [1.54, 1.807) is 12.4 Å². The molecule has 0 fully saturated rings. The third kappa shape index (κ3) is 2.47. The molecule has 3 rings (SSSR count). The van der Waals surface area contributed by atoms with Gasteiger partial charge in [-0.25, -0.2) is 4.39 Å². The van der Waals surface area contributed by atoms with Crippen molar-refractivity contribution in [2.24, 2.45) is 0 Å². The van der Waals surface area contributed by atoms with Crippen molar-refractivity contribution in [2.75, 3.05) is 5.73 Å². The molecule has 3 aromatic rings. The highest BCUT2D eigenvalue weighted by Crippen LogP contribution is 2.28. The number of hydrogen-bond donors (Lipinski definition) is 1. The van der Waals surface area contributed by atoms with Crippen LogP contribution < -0.4 is 5.73 Å². The van der Waals surface area contributed by atoms with Crippen LogP contribution in [0, 0.1) is 5.82 Å². The number of aromatic nitrogens is 3. The average Bonchev–Trinajstić information content (AvgIpc) is 2.99. The number of pyridine rings is 1. The topological polar surface area (TPSA) is 77.8 Å². The molecule has 1 aromatic carbocycles. The molecule has 0 saturated heterocycles. The Labute approximate surface area is 120 Å². The van der Waals surface area contributed by atoms with Crippen LogP contribution in [0.4, 0.5) is 10.1 Å². The summed E-state index contributed by atoms with van der Waals surface area (Å²) >= 11 is 0. The van der Waals surface area contributed by atoms with Gasteiger partial charge in [-0.05, 0) is 36.2 Å². The van der Waals surface area contributed by atoms with Crippen molar-refractivity contribution in [1.82, 2.24) is 15.1 Å². The minimum Gasteiger partial charge on any atom is -0.398 e. The Morgan fingerprint density at radius 1 is 1.24 bits per heavy atom. The van der Waals surface area contributed by atoms with E-state index in [2.05, 4.69) is 15.1 Å². The van der Waals surface area contributed by atoms with Crippen molar-refractivity contribution in [3.05, 3.63) is 48.0 Å². The third-order valence-corrected chi connectivity index (χ3v) is 3.20. The van der Waals surface area contributed by atoms with E-state index in [1.807, 2.05) is 13.0 Å². The van der Waals surface area contributed by atoms with Gasteiger partial charge < -0.3 is 10.3 Å². The number of halogens is 1. The zero-order chi connectivity index (χ0) is 14.8. The van der Waals surface area contributed by atoms with Crippen molar-refractivity contribution in [2.45, 2.75) is 13.3 Å². The second-order valence-electron chi connectivity index (χ2n) is 4.54. The lowest BCUT2D eigenvalue weighted by molar-refractivity contribution is 0.432. The van der Waals surface area contributed by atoms with E-state index in [-0.39, 0.29) is 5.89 Å². The van der Waals surface area contributed by atoms with Gasteiger partial charge in [0, 0.05) is 23.6 Å². The van der Waals surface area contributed by atoms with Crippen LogP contribution in [0.5, 0.6) is 0 Å². The molecule has 5 nitrogen and oxygen atoms in total. The smallest absolute Gasteiger partial charge is 0.260 e. The number of anilines is 1. The molecule has 0 atom stereocenters. The Bertz CT molecular complexity index is 785. The van der Waals surface area contributed by atoms with E-state index >= 15 is 0 Å². The summed E-state index contributed by atoms with van der Waals surface area (Å²) in [6.07, 6.45) is 4.23. The standard InChI is InChI=1S/C15H13FN4O/c1-2-9-8-18-6-5-11(9)14-19-15(21-20-14)12-7-10(16)3-4-13(12)17/h3-8H,2,17H2,1H3. The van der Waals surface area contributed by atoms with Crippen molar-refractivity contribution >= 4 is 5.69 Å². The van der Waals surface area contributed by atoms with Crippen LogP contribution in [-0.2, 0) is 6.42 Å². The van der Waals surface area contributed by atoms with Crippen molar-refractivity contribution < 1.29 is 8.91 Å². The van der Waals surface area contributed by atoms with E-state index < -0.39 is 5.82 Å². The number of nitrogens with zero attached hydrogens (tertiary/aromatic N) is 3. The number of nitrogens with two attached hydrogens (primary N) is 1. The zero-order valence-corrected chi connectivity index (χ0v) is 11.4. The second-order valence-corrected chi connectivity index (χ2v) is 4.54. The fourth-order valence-electron chi connectivity index (χ4n) is 2.08. The van der Waals surface area contributed by atoms with Gasteiger partial charge in [0.1, 0.15) is 5.82 Å². The molecule has 6 heteroatoms. The molecule has 0 unspecified atom stereocenters. The third-order valence-electron chi connectivity index (χ3n) is 3.20. The first-order valence-electron chi connectivity index (χ1n) is 6.51. The Hall–Kier alpha value is -2.76. The van der Waals surface area contributed by atoms with Gasteiger partial charge in [-0.3, -0.25) is 4.98 Å². The summed E-state index contributed by atoms with van der Waals surface area (Å²) < 4.78 is 18.5. The summed E-state index contributed by atoms with van der Waals surface area (Å²) in [5, 5.41) is 3.95. The molecule has 2 N–H and O–H groups in total. The zero-order valence-electron chi connectivity index (χ0n) is 11.4. The summed E-state index contributed by atoms with van der Waals surface area (Å²) in [6.45, 7) is 2.02. The molecular formula is C15H13FN4O. The number of rotatable bonds is 3. The normalized spacial score (nSPS) is 10.8. The van der Waals surface area contributed by atoms with Crippen molar-refractivity contribution in [1.29, 1.82) is 0 Å². The second kappa shape index (κ2) is 5.32. The van der Waals surface area contributed by atoms with Gasteiger partial charge in [-0.1, -0.05) is 12.1 Å². The average molecular weight is 284 g/mol. The predicted molar refractivity (Wildman–Crippen MR) is 76.7 cm³/mol. The van der Waals surface area contributed by atoms with E-state index in [0.29, 0.717) is 17.1 Å². The van der Waals surface area contributed by atoms with E-state index in [9.17, 15) is 4.39 Å². The first kappa shape index (κ1) is 13.2. The van der Waals surface area contributed by atoms with Gasteiger partial charge in [0.2, 0.25) is 5.82 Å². The van der Waals surface area contributed by atoms with Crippen LogP contribution in [0.2, 0.25) is 0 Å². The molecule has 0 spiro atoms. The van der Waals surface area contributed by atoms with Crippen LogP contribution in [-0.4, -0.2) is 15.1 Å². The molecular weight excluding hydrogens is 271 g/mol. The molecule has 0 bridgehead atoms. The molecule has 106 valence electrons. The van der Waals surface area contributed by atoms with Crippen molar-refractivity contribution in [3.8, 4) is 22.8 Å². The number of hydrogen-bond acceptors (Lipinski definition) is 5. The molecule has 2 aromatic heterocycles. The summed E-state index contributed by atoms with van der Waals surface area (Å²) in [7, 11) is 0. The minimum atomic E-state index is -0.405. The fourth-order valence-corrected chi connectivity index (χ4v) is 2.08. The maximum atomic E-state index is 13.3. The van der Waals surface area contributed by atoms with Gasteiger partial charge in [-0.15, -0.1) is 0 Å². The SMILES string of the molecule is CCc1cnccc1-c1noc(-c2cc(F)ccc2N)n1. The summed E-state index contributed by atoms with van der Waals surface area (Å²) in [5.74, 6) is 0.228. The largest absolute Gasteiger partial charge is 0.398 e.